The van der Waals surface area contributed by atoms with Crippen LogP contribution in [-0.2, 0) is 17.9 Å². The number of benzene rings is 1. The Morgan fingerprint density at radius 1 is 0.923 bits per heavy atom. The highest BCUT2D eigenvalue weighted by Gasteiger charge is 2.29. The number of hydrogen-bond acceptors (Lipinski definition) is 6. The Morgan fingerprint density at radius 2 is 1.79 bits per heavy atom. The minimum Gasteiger partial charge on any atom is -0.333 e. The Kier molecular flexibility index (Phi) is 7.03. The molecule has 0 bridgehead atoms. The Hall–Kier alpha value is -3.44. The number of rotatable bonds is 6. The average molecular weight is 601 g/mol. The lowest BCUT2D eigenvalue weighted by atomic mass is 10.2. The van der Waals surface area contributed by atoms with Crippen LogP contribution in [0.5, 0.6) is 0 Å². The van der Waals surface area contributed by atoms with E-state index in [1.807, 2.05) is 28.8 Å². The third-order valence-corrected chi connectivity index (χ3v) is 8.44. The fourth-order valence-corrected chi connectivity index (χ4v) is 5.84. The zero-order valence-corrected chi connectivity index (χ0v) is 23.4. The topological polar surface area (TPSA) is 88.6 Å². The van der Waals surface area contributed by atoms with Gasteiger partial charge >= 0.3 is 0 Å². The van der Waals surface area contributed by atoms with Crippen molar-refractivity contribution in [3.05, 3.63) is 92.4 Å². The number of piperazine rings is 1. The zero-order valence-electron chi connectivity index (χ0n) is 20.3. The van der Waals surface area contributed by atoms with Crippen LogP contribution in [0.4, 0.5) is 0 Å². The van der Waals surface area contributed by atoms with Crippen molar-refractivity contribution in [2.24, 2.45) is 0 Å². The first-order chi connectivity index (χ1) is 18.8. The number of nitrogens with zero attached hydrogens (tertiary/aromatic N) is 7. The largest absolute Gasteiger partial charge is 0.333 e. The molecular formula is C26H20Cl3N7O2S. The average Bonchev–Trinajstić information content (AvgIpc) is 3.66. The number of amides is 2. The van der Waals surface area contributed by atoms with Crippen LogP contribution in [0.1, 0.15) is 21.1 Å². The van der Waals surface area contributed by atoms with Crippen molar-refractivity contribution < 1.29 is 9.59 Å². The van der Waals surface area contributed by atoms with Gasteiger partial charge in [-0.1, -0.05) is 46.1 Å². The van der Waals surface area contributed by atoms with E-state index in [2.05, 4.69) is 15.3 Å². The Bertz CT molecular complexity index is 1710. The predicted octanol–water partition coefficient (Wildman–Crippen LogP) is 5.15. The van der Waals surface area contributed by atoms with E-state index in [1.165, 1.54) is 11.3 Å². The third kappa shape index (κ3) is 5.51. The number of pyridine rings is 1. The number of carbonyl (C=O) groups excluding carboxylic acids is 2. The number of hydrogen-bond donors (Lipinski definition) is 0. The van der Waals surface area contributed by atoms with Gasteiger partial charge in [-0.15, -0.1) is 16.4 Å². The highest BCUT2D eigenvalue weighted by molar-refractivity contribution is 7.17. The molecule has 5 aromatic rings. The van der Waals surface area contributed by atoms with Crippen molar-refractivity contribution >= 4 is 63.6 Å². The van der Waals surface area contributed by atoms with E-state index in [1.54, 1.807) is 51.1 Å². The van der Waals surface area contributed by atoms with Gasteiger partial charge in [0.05, 0.1) is 44.9 Å². The fourth-order valence-electron chi connectivity index (χ4n) is 4.41. The van der Waals surface area contributed by atoms with Gasteiger partial charge in [-0.25, -0.2) is 9.67 Å². The standard InChI is InChI=1S/C26H20Cl3N7O2S/c27-17-2-6-24-30-18(11-35(24)10-17)13-36-14-19(31-32-36)12-33-7-8-34(15-25(33)37)26(38)23-5-4-22(39-23)16-1-3-20(28)21(29)9-16/h1-6,9-11,14H,7-8,12-13,15H2. The van der Waals surface area contributed by atoms with Gasteiger partial charge in [-0.05, 0) is 42.0 Å². The summed E-state index contributed by atoms with van der Waals surface area (Å²) in [7, 11) is 0. The van der Waals surface area contributed by atoms with Crippen LogP contribution >= 0.6 is 46.1 Å². The number of thiophene rings is 1. The van der Waals surface area contributed by atoms with Crippen LogP contribution in [0.25, 0.3) is 16.1 Å². The summed E-state index contributed by atoms with van der Waals surface area (Å²) >= 11 is 19.6. The lowest BCUT2D eigenvalue weighted by Crippen LogP contribution is -2.51. The summed E-state index contributed by atoms with van der Waals surface area (Å²) in [5.41, 5.74) is 3.15. The van der Waals surface area contributed by atoms with Crippen LogP contribution in [0.2, 0.25) is 15.1 Å². The van der Waals surface area contributed by atoms with E-state index in [0.717, 1.165) is 21.8 Å². The first-order valence-electron chi connectivity index (χ1n) is 12.0. The molecule has 9 nitrogen and oxygen atoms in total. The molecule has 5 heterocycles. The summed E-state index contributed by atoms with van der Waals surface area (Å²) in [5, 5.41) is 9.97. The number of imidazole rings is 1. The van der Waals surface area contributed by atoms with E-state index in [0.29, 0.717) is 51.8 Å². The van der Waals surface area contributed by atoms with Crippen molar-refractivity contribution in [1.29, 1.82) is 0 Å². The number of halogens is 3. The smallest absolute Gasteiger partial charge is 0.264 e. The van der Waals surface area contributed by atoms with Crippen LogP contribution < -0.4 is 0 Å². The summed E-state index contributed by atoms with van der Waals surface area (Å²) in [6.45, 7) is 1.62. The Labute approximate surface area is 242 Å². The molecule has 2 amide bonds. The summed E-state index contributed by atoms with van der Waals surface area (Å²) in [6, 6.07) is 12.7. The van der Waals surface area contributed by atoms with Crippen molar-refractivity contribution in [3.63, 3.8) is 0 Å². The SMILES string of the molecule is O=C1CN(C(=O)c2ccc(-c3ccc(Cl)c(Cl)c3)s2)CCN1Cc1cn(Cc2cn3cc(Cl)ccc3n2)nn1. The molecule has 6 rings (SSSR count). The molecule has 1 saturated heterocycles. The monoisotopic (exact) mass is 599 g/mol. The molecular weight excluding hydrogens is 581 g/mol. The third-order valence-electron chi connectivity index (χ3n) is 6.35. The van der Waals surface area contributed by atoms with Gasteiger partial charge < -0.3 is 14.2 Å². The van der Waals surface area contributed by atoms with Gasteiger partial charge in [-0.2, -0.15) is 0 Å². The number of aromatic nitrogens is 5. The molecule has 0 unspecified atom stereocenters. The lowest BCUT2D eigenvalue weighted by molar-refractivity contribution is -0.135. The van der Waals surface area contributed by atoms with Gasteiger partial charge in [-0.3, -0.25) is 9.59 Å². The molecule has 1 aromatic carbocycles. The second kappa shape index (κ2) is 10.6. The highest BCUT2D eigenvalue weighted by Crippen LogP contribution is 2.33. The number of carbonyl (C=O) groups is 2. The summed E-state index contributed by atoms with van der Waals surface area (Å²) in [4.78, 5) is 35.3. The molecule has 0 atom stereocenters. The van der Waals surface area contributed by atoms with Gasteiger partial charge in [0.25, 0.3) is 5.91 Å². The van der Waals surface area contributed by atoms with Crippen LogP contribution in [0, 0.1) is 0 Å². The molecule has 13 heteroatoms. The van der Waals surface area contributed by atoms with Gasteiger partial charge in [0.15, 0.2) is 0 Å². The molecule has 0 N–H and O–H groups in total. The minimum absolute atomic E-state index is 0.0107. The maximum absolute atomic E-state index is 13.1. The molecule has 1 fully saturated rings. The van der Waals surface area contributed by atoms with Gasteiger partial charge in [0.1, 0.15) is 17.9 Å². The second-order valence-corrected chi connectivity index (χ2v) is 11.4. The highest BCUT2D eigenvalue weighted by atomic mass is 35.5. The maximum atomic E-state index is 13.1. The van der Waals surface area contributed by atoms with Crippen LogP contribution in [0.15, 0.2) is 61.1 Å². The molecule has 1 aliphatic heterocycles. The Morgan fingerprint density at radius 3 is 2.62 bits per heavy atom. The van der Waals surface area contributed by atoms with E-state index < -0.39 is 0 Å². The molecule has 39 heavy (non-hydrogen) atoms. The molecule has 0 radical (unpaired) electrons. The van der Waals surface area contributed by atoms with Crippen LogP contribution in [0.3, 0.4) is 0 Å². The normalized spacial score (nSPS) is 14.0. The van der Waals surface area contributed by atoms with Crippen molar-refractivity contribution in [2.45, 2.75) is 13.1 Å². The molecule has 1 aliphatic rings. The lowest BCUT2D eigenvalue weighted by Gasteiger charge is -2.33. The van der Waals surface area contributed by atoms with Crippen molar-refractivity contribution in [2.75, 3.05) is 19.6 Å². The van der Waals surface area contributed by atoms with Gasteiger partial charge in [0, 0.05) is 30.4 Å². The van der Waals surface area contributed by atoms with E-state index in [-0.39, 0.29) is 18.4 Å². The molecule has 0 spiro atoms. The quantitative estimate of drug-likeness (QED) is 0.269. The van der Waals surface area contributed by atoms with E-state index >= 15 is 0 Å². The van der Waals surface area contributed by atoms with E-state index in [4.69, 9.17) is 34.8 Å². The first-order valence-corrected chi connectivity index (χ1v) is 13.9. The predicted molar refractivity (Wildman–Crippen MR) is 150 cm³/mol. The van der Waals surface area contributed by atoms with E-state index in [9.17, 15) is 9.59 Å². The second-order valence-electron chi connectivity index (χ2n) is 9.09. The van der Waals surface area contributed by atoms with Gasteiger partial charge in [0.2, 0.25) is 5.91 Å². The summed E-state index contributed by atoms with van der Waals surface area (Å²) < 4.78 is 3.55. The minimum atomic E-state index is -0.168. The molecule has 198 valence electrons. The molecule has 4 aromatic heterocycles. The van der Waals surface area contributed by atoms with Crippen molar-refractivity contribution in [3.8, 4) is 10.4 Å². The molecule has 0 aliphatic carbocycles. The fraction of sp³-hybridized carbons (Fsp3) is 0.192. The zero-order chi connectivity index (χ0) is 27.1. The summed E-state index contributed by atoms with van der Waals surface area (Å²) in [5.74, 6) is -0.304. The maximum Gasteiger partial charge on any atom is 0.264 e. The van der Waals surface area contributed by atoms with Crippen molar-refractivity contribution in [1.82, 2.24) is 34.2 Å². The molecule has 0 saturated carbocycles. The number of fused-ring (bicyclic) bond motifs is 1. The first kappa shape index (κ1) is 25.8. The Balaban J connectivity index is 1.06. The summed E-state index contributed by atoms with van der Waals surface area (Å²) in [6.07, 6.45) is 5.49. The van der Waals surface area contributed by atoms with Crippen LogP contribution in [-0.4, -0.2) is 65.6 Å².